The molecule has 2 saturated carbocycles. The number of ketones is 3. The summed E-state index contributed by atoms with van der Waals surface area (Å²) in [7, 11) is 3.28. The minimum Gasteiger partial charge on any atom is -0.493 e. The van der Waals surface area contributed by atoms with E-state index in [0.717, 1.165) is 22.0 Å². The summed E-state index contributed by atoms with van der Waals surface area (Å²) in [6, 6.07) is 2.72. The van der Waals surface area contributed by atoms with Crippen LogP contribution in [0.15, 0.2) is 12.1 Å². The Balaban J connectivity index is 1.81. The third-order valence-corrected chi connectivity index (χ3v) is 8.87. The molecule has 9 nitrogen and oxygen atoms in total. The van der Waals surface area contributed by atoms with E-state index < -0.39 is 64.7 Å². The molecule has 0 heterocycles. The molecule has 1 aromatic rings. The third kappa shape index (κ3) is 3.93. The minimum absolute atomic E-state index is 0.159. The van der Waals surface area contributed by atoms with Gasteiger partial charge in [-0.05, 0) is 79.6 Å². The molecule has 0 radical (unpaired) electrons. The molecule has 2 fully saturated rings. The molecule has 190 valence electrons. The molecule has 0 aliphatic heterocycles. The van der Waals surface area contributed by atoms with Crippen molar-refractivity contribution in [2.24, 2.45) is 29.4 Å². The highest BCUT2D eigenvalue weighted by molar-refractivity contribution is 14.1. The molecular formula is C25H31IN2O7. The van der Waals surface area contributed by atoms with Gasteiger partial charge in [-0.15, -0.1) is 0 Å². The van der Waals surface area contributed by atoms with Crippen LogP contribution in [0.2, 0.25) is 0 Å². The Hall–Kier alpha value is -1.89. The molecule has 0 spiro atoms. The van der Waals surface area contributed by atoms with Crippen LogP contribution in [0.1, 0.15) is 42.1 Å². The van der Waals surface area contributed by atoms with Crippen LogP contribution in [0.4, 0.5) is 0 Å². The number of hydrogen-bond acceptors (Lipinski definition) is 8. The lowest BCUT2D eigenvalue weighted by molar-refractivity contribution is -0.190. The van der Waals surface area contributed by atoms with E-state index in [1.807, 2.05) is 13.0 Å². The number of primary amides is 1. The molecule has 3 unspecified atom stereocenters. The van der Waals surface area contributed by atoms with Crippen LogP contribution in [0.25, 0.3) is 0 Å². The van der Waals surface area contributed by atoms with E-state index in [9.17, 15) is 29.4 Å². The van der Waals surface area contributed by atoms with Gasteiger partial charge in [-0.3, -0.25) is 19.2 Å². The lowest BCUT2D eigenvalue weighted by Crippen LogP contribution is -2.75. The summed E-state index contributed by atoms with van der Waals surface area (Å²) >= 11 is 2.16. The van der Waals surface area contributed by atoms with Gasteiger partial charge < -0.3 is 25.6 Å². The van der Waals surface area contributed by atoms with E-state index in [4.69, 9.17) is 10.5 Å². The molecule has 1 aromatic carbocycles. The molecule has 0 bridgehead atoms. The lowest BCUT2D eigenvalue weighted by Gasteiger charge is -2.54. The number of likely N-dealkylation sites (N-methyl/N-ethyl adjacent to an activating group) is 1. The van der Waals surface area contributed by atoms with E-state index in [1.54, 1.807) is 25.1 Å². The number of rotatable bonds is 6. The number of fused-ring (bicyclic) bond motifs is 3. The number of benzene rings is 1. The van der Waals surface area contributed by atoms with Gasteiger partial charge in [0, 0.05) is 15.5 Å². The highest BCUT2D eigenvalue weighted by atomic mass is 127. The van der Waals surface area contributed by atoms with Crippen LogP contribution in [-0.4, -0.2) is 76.8 Å². The molecule has 35 heavy (non-hydrogen) atoms. The van der Waals surface area contributed by atoms with Crippen molar-refractivity contribution in [3.05, 3.63) is 26.8 Å². The van der Waals surface area contributed by atoms with Crippen molar-refractivity contribution in [3.8, 4) is 5.75 Å². The second kappa shape index (κ2) is 9.53. The number of aliphatic hydroxyl groups excluding tert-OH is 1. The Morgan fingerprint density at radius 2 is 1.94 bits per heavy atom. The lowest BCUT2D eigenvalue weighted by atomic mass is 9.52. The predicted octanol–water partition coefficient (Wildman–Crippen LogP) is 0.737. The topological polar surface area (TPSA) is 147 Å². The first-order valence-electron chi connectivity index (χ1n) is 11.9. The molecule has 10 heteroatoms. The van der Waals surface area contributed by atoms with Crippen molar-refractivity contribution in [3.63, 3.8) is 0 Å². The third-order valence-electron chi connectivity index (χ3n) is 7.86. The monoisotopic (exact) mass is 598 g/mol. The summed E-state index contributed by atoms with van der Waals surface area (Å²) in [5, 5.41) is 22.6. The summed E-state index contributed by atoms with van der Waals surface area (Å²) in [5.74, 6) is -7.67. The number of nitrogens with zero attached hydrogens (tertiary/aromatic N) is 1. The normalized spacial score (nSPS) is 34.3. The maximum Gasteiger partial charge on any atom is 0.230 e. The number of Topliss-reactive ketones (excluding diaryl/α,β-unsaturated/α-hetero) is 3. The van der Waals surface area contributed by atoms with E-state index >= 15 is 0 Å². The number of halogens is 1. The molecular weight excluding hydrogens is 567 g/mol. The first-order chi connectivity index (χ1) is 16.5. The van der Waals surface area contributed by atoms with Gasteiger partial charge in [0.05, 0.1) is 24.2 Å². The van der Waals surface area contributed by atoms with Crippen molar-refractivity contribution in [1.82, 2.24) is 4.90 Å². The summed E-state index contributed by atoms with van der Waals surface area (Å²) < 4.78 is 6.76. The van der Waals surface area contributed by atoms with Crippen molar-refractivity contribution in [2.75, 3.05) is 20.7 Å². The Labute approximate surface area is 217 Å². The number of hydrogen-bond donors (Lipinski definition) is 3. The molecule has 3 aliphatic carbocycles. The van der Waals surface area contributed by atoms with Crippen LogP contribution in [-0.2, 0) is 20.8 Å². The summed E-state index contributed by atoms with van der Waals surface area (Å²) in [6.07, 6.45) is 0.803. The number of aliphatic hydroxyl groups is 2. The van der Waals surface area contributed by atoms with Crippen LogP contribution in [0.3, 0.4) is 0 Å². The van der Waals surface area contributed by atoms with Crippen LogP contribution in [0, 0.1) is 27.2 Å². The Kier molecular flexibility index (Phi) is 7.13. The van der Waals surface area contributed by atoms with E-state index in [1.165, 1.54) is 0 Å². The first-order valence-corrected chi connectivity index (χ1v) is 13.0. The minimum atomic E-state index is -2.59. The van der Waals surface area contributed by atoms with Gasteiger partial charge in [0.2, 0.25) is 5.91 Å². The number of carbonyl (C=O) groups is 4. The maximum atomic E-state index is 13.9. The molecule has 4 N–H and O–H groups in total. The second-order valence-electron chi connectivity index (χ2n) is 10.1. The Morgan fingerprint density at radius 3 is 2.54 bits per heavy atom. The largest absolute Gasteiger partial charge is 0.493 e. The molecule has 4 rings (SSSR count). The van der Waals surface area contributed by atoms with Gasteiger partial charge in [0.1, 0.15) is 11.7 Å². The molecule has 0 saturated heterocycles. The summed E-state index contributed by atoms with van der Waals surface area (Å²) in [6.45, 7) is 2.45. The quantitative estimate of drug-likeness (QED) is 0.247. The van der Waals surface area contributed by atoms with Crippen molar-refractivity contribution in [2.45, 2.75) is 50.4 Å². The zero-order valence-electron chi connectivity index (χ0n) is 20.0. The fraction of sp³-hybridized carbons (Fsp3) is 0.600. The highest BCUT2D eigenvalue weighted by Gasteiger charge is 2.69. The zero-order chi connectivity index (χ0) is 25.8. The molecule has 0 aromatic heterocycles. The van der Waals surface area contributed by atoms with Gasteiger partial charge in [-0.25, -0.2) is 0 Å². The Morgan fingerprint density at radius 1 is 1.26 bits per heavy atom. The van der Waals surface area contributed by atoms with Crippen LogP contribution in [0.5, 0.6) is 5.75 Å². The van der Waals surface area contributed by atoms with Crippen molar-refractivity contribution >= 4 is 45.8 Å². The number of unbranched alkanes of at least 4 members (excludes halogenated alkanes) is 1. The van der Waals surface area contributed by atoms with Crippen LogP contribution >= 0.6 is 22.6 Å². The van der Waals surface area contributed by atoms with E-state index in [-0.39, 0.29) is 6.42 Å². The van der Waals surface area contributed by atoms with Gasteiger partial charge in [-0.1, -0.05) is 13.3 Å². The standard InChI is InChI=1S/C25H31IN2O7/c1-4-5-8-35-15-7-6-14(26)12-9-11-10-13-19(28(2)3)21(30)18(24(27)33)23(32)25(13,34)22(31)16(11)20(29)17(12)15/h6-7,11,13,16,18-19,21,30,34H,4-5,8-10H2,1-3H3,(H2,27,33)/t11-,13-,16?,18?,19-,21?,25-/m0/s1. The fourth-order valence-corrected chi connectivity index (χ4v) is 6.89. The highest BCUT2D eigenvalue weighted by Crippen LogP contribution is 2.51. The summed E-state index contributed by atoms with van der Waals surface area (Å²) in [5.41, 5.74) is 3.94. The zero-order valence-corrected chi connectivity index (χ0v) is 22.2. The molecule has 3 aliphatic rings. The first kappa shape index (κ1) is 26.2. The Bertz CT molecular complexity index is 1090. The average molecular weight is 598 g/mol. The molecule has 1 amide bonds. The fourth-order valence-electron chi connectivity index (χ4n) is 6.22. The number of amides is 1. The SMILES string of the molecule is CCCCOc1ccc(I)c2c1C(=O)C1C(=O)[C@]3(O)C(=O)C(C(N)=O)C(O)[C@@H](N(C)C)[C@@H]3C[C@@H]1C2. The maximum absolute atomic E-state index is 13.9. The number of ether oxygens (including phenoxy) is 1. The molecule has 7 atom stereocenters. The predicted molar refractivity (Wildman–Crippen MR) is 134 cm³/mol. The smallest absolute Gasteiger partial charge is 0.230 e. The van der Waals surface area contributed by atoms with Crippen molar-refractivity contribution < 1.29 is 34.1 Å². The van der Waals surface area contributed by atoms with E-state index in [2.05, 4.69) is 22.6 Å². The van der Waals surface area contributed by atoms with E-state index in [0.29, 0.717) is 24.3 Å². The number of carbonyl (C=O) groups excluding carboxylic acids is 4. The van der Waals surface area contributed by atoms with Crippen LogP contribution < -0.4 is 10.5 Å². The van der Waals surface area contributed by atoms with Gasteiger partial charge >= 0.3 is 0 Å². The van der Waals surface area contributed by atoms with Gasteiger partial charge in [-0.2, -0.15) is 0 Å². The number of nitrogens with two attached hydrogens (primary N) is 1. The average Bonchev–Trinajstić information content (AvgIpc) is 2.77. The second-order valence-corrected chi connectivity index (χ2v) is 11.2. The van der Waals surface area contributed by atoms with Gasteiger partial charge in [0.15, 0.2) is 23.0 Å². The summed E-state index contributed by atoms with van der Waals surface area (Å²) in [4.78, 5) is 54.7. The van der Waals surface area contributed by atoms with Gasteiger partial charge in [0.25, 0.3) is 0 Å². The van der Waals surface area contributed by atoms with Crippen molar-refractivity contribution in [1.29, 1.82) is 0 Å².